The second-order valence-electron chi connectivity index (χ2n) is 5.56. The van der Waals surface area contributed by atoms with Crippen molar-refractivity contribution in [2.45, 2.75) is 47.1 Å². The molecular formula is C13H28N2O2. The van der Waals surface area contributed by atoms with Gasteiger partial charge in [-0.15, -0.1) is 0 Å². The lowest BCUT2D eigenvalue weighted by molar-refractivity contribution is -0.123. The zero-order chi connectivity index (χ0) is 13.5. The van der Waals surface area contributed by atoms with E-state index in [-0.39, 0.29) is 24.0 Å². The molecule has 4 heteroatoms. The van der Waals surface area contributed by atoms with Crippen molar-refractivity contribution in [3.8, 4) is 0 Å². The summed E-state index contributed by atoms with van der Waals surface area (Å²) < 4.78 is 0. The minimum absolute atomic E-state index is 0.0232. The fraction of sp³-hybridized carbons (Fsp3) is 0.923. The molecule has 17 heavy (non-hydrogen) atoms. The first-order valence-electron chi connectivity index (χ1n) is 6.46. The van der Waals surface area contributed by atoms with Gasteiger partial charge in [-0.3, -0.25) is 4.79 Å². The Morgan fingerprint density at radius 2 is 1.94 bits per heavy atom. The van der Waals surface area contributed by atoms with Crippen molar-refractivity contribution in [2.75, 3.05) is 19.7 Å². The lowest BCUT2D eigenvalue weighted by atomic mass is 9.88. The van der Waals surface area contributed by atoms with E-state index in [0.29, 0.717) is 19.0 Å². The summed E-state index contributed by atoms with van der Waals surface area (Å²) in [6.45, 7) is 11.5. The van der Waals surface area contributed by atoms with Gasteiger partial charge in [-0.25, -0.2) is 0 Å². The molecule has 0 aliphatic rings. The lowest BCUT2D eigenvalue weighted by Gasteiger charge is -2.27. The second kappa shape index (κ2) is 7.67. The first-order valence-corrected chi connectivity index (χ1v) is 6.46. The van der Waals surface area contributed by atoms with Crippen LogP contribution in [-0.2, 0) is 4.79 Å². The lowest BCUT2D eigenvalue weighted by Crippen LogP contribution is -2.47. The van der Waals surface area contributed by atoms with Gasteiger partial charge >= 0.3 is 0 Å². The van der Waals surface area contributed by atoms with Crippen molar-refractivity contribution in [1.29, 1.82) is 0 Å². The molecule has 0 fully saturated rings. The summed E-state index contributed by atoms with van der Waals surface area (Å²) in [6, 6.07) is -0.217. The summed E-state index contributed by atoms with van der Waals surface area (Å²) >= 11 is 0. The van der Waals surface area contributed by atoms with E-state index in [9.17, 15) is 9.90 Å². The number of carbonyl (C=O) groups excluding carboxylic acids is 1. The predicted octanol–water partition coefficient (Wildman–Crippen LogP) is 1.15. The van der Waals surface area contributed by atoms with Crippen LogP contribution in [0.25, 0.3) is 0 Å². The fourth-order valence-electron chi connectivity index (χ4n) is 1.24. The zero-order valence-corrected chi connectivity index (χ0v) is 11.8. The smallest absolute Gasteiger partial charge is 0.236 e. The first kappa shape index (κ1) is 16.4. The fourth-order valence-corrected chi connectivity index (χ4v) is 1.24. The molecule has 102 valence electrons. The van der Waals surface area contributed by atoms with Gasteiger partial charge in [0.2, 0.25) is 5.91 Å². The molecule has 0 aliphatic carbocycles. The van der Waals surface area contributed by atoms with Gasteiger partial charge in [-0.05, 0) is 19.3 Å². The average Bonchev–Trinajstić information content (AvgIpc) is 2.32. The molecule has 0 aromatic rings. The predicted molar refractivity (Wildman–Crippen MR) is 70.8 cm³/mol. The molecule has 0 bridgehead atoms. The van der Waals surface area contributed by atoms with Crippen LogP contribution in [0.3, 0.4) is 0 Å². The molecule has 2 unspecified atom stereocenters. The van der Waals surface area contributed by atoms with Crippen LogP contribution in [0.4, 0.5) is 0 Å². The number of carbonyl (C=O) groups is 1. The van der Waals surface area contributed by atoms with Crippen LogP contribution in [0.1, 0.15) is 41.0 Å². The normalized spacial score (nSPS) is 16.6. The van der Waals surface area contributed by atoms with E-state index in [2.05, 4.69) is 24.5 Å². The number of aliphatic hydroxyl groups is 1. The van der Waals surface area contributed by atoms with E-state index < -0.39 is 0 Å². The van der Waals surface area contributed by atoms with E-state index in [1.807, 2.05) is 20.8 Å². The SMILES string of the molecule is CCC(C)(CO)CNC(C)C(=O)NCC(C)C. The molecule has 4 nitrogen and oxygen atoms in total. The van der Waals surface area contributed by atoms with Crippen LogP contribution < -0.4 is 10.6 Å². The molecule has 1 amide bonds. The van der Waals surface area contributed by atoms with Crippen molar-refractivity contribution < 1.29 is 9.90 Å². The van der Waals surface area contributed by atoms with Crippen molar-refractivity contribution in [1.82, 2.24) is 10.6 Å². The third-order valence-electron chi connectivity index (χ3n) is 3.15. The van der Waals surface area contributed by atoms with Gasteiger partial charge in [0.25, 0.3) is 0 Å². The van der Waals surface area contributed by atoms with Crippen molar-refractivity contribution >= 4 is 5.91 Å². The van der Waals surface area contributed by atoms with Crippen LogP contribution in [-0.4, -0.2) is 36.8 Å². The van der Waals surface area contributed by atoms with Crippen molar-refractivity contribution in [2.24, 2.45) is 11.3 Å². The summed E-state index contributed by atoms with van der Waals surface area (Å²) in [5.41, 5.74) is -0.146. The minimum atomic E-state index is -0.217. The Hall–Kier alpha value is -0.610. The molecule has 0 spiro atoms. The Kier molecular flexibility index (Phi) is 7.39. The summed E-state index contributed by atoms with van der Waals surface area (Å²) in [7, 11) is 0. The monoisotopic (exact) mass is 244 g/mol. The summed E-state index contributed by atoms with van der Waals surface area (Å²) in [5, 5.41) is 15.3. The van der Waals surface area contributed by atoms with Gasteiger partial charge in [-0.1, -0.05) is 27.7 Å². The van der Waals surface area contributed by atoms with Gasteiger partial charge in [0.05, 0.1) is 6.04 Å². The molecule has 0 saturated carbocycles. The number of hydrogen-bond donors (Lipinski definition) is 3. The average molecular weight is 244 g/mol. The number of nitrogens with one attached hydrogen (secondary N) is 2. The standard InChI is InChI=1S/C13H28N2O2/c1-6-13(5,9-16)8-15-11(4)12(17)14-7-10(2)3/h10-11,15-16H,6-9H2,1-5H3,(H,14,17). The topological polar surface area (TPSA) is 61.4 Å². The van der Waals surface area contributed by atoms with E-state index in [1.54, 1.807) is 0 Å². The van der Waals surface area contributed by atoms with Gasteiger partial charge in [-0.2, -0.15) is 0 Å². The maximum absolute atomic E-state index is 11.7. The van der Waals surface area contributed by atoms with E-state index in [0.717, 1.165) is 6.42 Å². The molecular weight excluding hydrogens is 216 g/mol. The first-order chi connectivity index (χ1) is 7.84. The van der Waals surface area contributed by atoms with Crippen LogP contribution in [0.2, 0.25) is 0 Å². The Labute approximate surface area is 105 Å². The van der Waals surface area contributed by atoms with E-state index in [1.165, 1.54) is 0 Å². The molecule has 0 aromatic carbocycles. The Bertz CT molecular complexity index is 225. The number of hydrogen-bond acceptors (Lipinski definition) is 3. The quantitative estimate of drug-likeness (QED) is 0.600. The number of rotatable bonds is 8. The van der Waals surface area contributed by atoms with E-state index >= 15 is 0 Å². The highest BCUT2D eigenvalue weighted by molar-refractivity contribution is 5.81. The molecule has 0 radical (unpaired) electrons. The van der Waals surface area contributed by atoms with Crippen LogP contribution in [0, 0.1) is 11.3 Å². The zero-order valence-electron chi connectivity index (χ0n) is 11.8. The molecule has 0 aliphatic heterocycles. The maximum atomic E-state index is 11.7. The van der Waals surface area contributed by atoms with Gasteiger partial charge in [0.1, 0.15) is 0 Å². The highest BCUT2D eigenvalue weighted by atomic mass is 16.3. The van der Waals surface area contributed by atoms with Crippen LogP contribution in [0.5, 0.6) is 0 Å². The molecule has 0 aromatic heterocycles. The van der Waals surface area contributed by atoms with Gasteiger partial charge in [0, 0.05) is 25.1 Å². The summed E-state index contributed by atoms with van der Waals surface area (Å²) in [6.07, 6.45) is 0.886. The molecule has 0 rings (SSSR count). The molecule has 2 atom stereocenters. The second-order valence-corrected chi connectivity index (χ2v) is 5.56. The highest BCUT2D eigenvalue weighted by Gasteiger charge is 2.23. The third kappa shape index (κ3) is 6.64. The summed E-state index contributed by atoms with van der Waals surface area (Å²) in [4.78, 5) is 11.7. The minimum Gasteiger partial charge on any atom is -0.396 e. The summed E-state index contributed by atoms with van der Waals surface area (Å²) in [5.74, 6) is 0.486. The highest BCUT2D eigenvalue weighted by Crippen LogP contribution is 2.18. The van der Waals surface area contributed by atoms with Crippen LogP contribution in [0.15, 0.2) is 0 Å². The van der Waals surface area contributed by atoms with Crippen molar-refractivity contribution in [3.63, 3.8) is 0 Å². The van der Waals surface area contributed by atoms with Gasteiger partial charge in [0.15, 0.2) is 0 Å². The van der Waals surface area contributed by atoms with Crippen LogP contribution >= 0.6 is 0 Å². The van der Waals surface area contributed by atoms with Crippen molar-refractivity contribution in [3.05, 3.63) is 0 Å². The van der Waals surface area contributed by atoms with E-state index in [4.69, 9.17) is 0 Å². The number of amides is 1. The maximum Gasteiger partial charge on any atom is 0.236 e. The Morgan fingerprint density at radius 3 is 2.35 bits per heavy atom. The third-order valence-corrected chi connectivity index (χ3v) is 3.15. The molecule has 3 N–H and O–H groups in total. The molecule has 0 saturated heterocycles. The Balaban J connectivity index is 4.00. The largest absolute Gasteiger partial charge is 0.396 e. The molecule has 0 heterocycles. The Morgan fingerprint density at radius 1 is 1.35 bits per heavy atom. The van der Waals surface area contributed by atoms with Gasteiger partial charge < -0.3 is 15.7 Å². The number of aliphatic hydroxyl groups excluding tert-OH is 1.